The van der Waals surface area contributed by atoms with Crippen LogP contribution in [-0.2, 0) is 6.54 Å². The van der Waals surface area contributed by atoms with Gasteiger partial charge in [0.05, 0.1) is 6.54 Å². The largest absolute Gasteiger partial charge is 0.357 e. The minimum Gasteiger partial charge on any atom is -0.357 e. The van der Waals surface area contributed by atoms with Gasteiger partial charge < -0.3 is 15.5 Å². The lowest BCUT2D eigenvalue weighted by Gasteiger charge is -2.33. The average molecular weight is 387 g/mol. The Morgan fingerprint density at radius 2 is 2.00 bits per heavy atom. The van der Waals surface area contributed by atoms with E-state index in [4.69, 9.17) is 0 Å². The monoisotopic (exact) mass is 387 g/mol. The first kappa shape index (κ1) is 20.0. The van der Waals surface area contributed by atoms with E-state index in [-0.39, 0.29) is 18.2 Å². The van der Waals surface area contributed by atoms with E-state index < -0.39 is 11.6 Å². The zero-order chi connectivity index (χ0) is 19.9. The number of hydrogen-bond acceptors (Lipinski definition) is 3. The van der Waals surface area contributed by atoms with Crippen LogP contribution in [-0.4, -0.2) is 36.6 Å². The minimum atomic E-state index is -0.457. The Bertz CT molecular complexity index is 799. The van der Waals surface area contributed by atoms with Crippen molar-refractivity contribution < 1.29 is 8.78 Å². The summed E-state index contributed by atoms with van der Waals surface area (Å²) in [5.41, 5.74) is 1.40. The first-order chi connectivity index (χ1) is 13.5. The minimum absolute atomic E-state index is 0.0884. The molecule has 3 rings (SSSR count). The van der Waals surface area contributed by atoms with Crippen LogP contribution in [0.1, 0.15) is 30.9 Å². The Morgan fingerprint density at radius 1 is 1.21 bits per heavy atom. The molecular formula is C21H27F2N5. The predicted molar refractivity (Wildman–Crippen MR) is 109 cm³/mol. The highest BCUT2D eigenvalue weighted by Crippen LogP contribution is 2.18. The average Bonchev–Trinajstić information content (AvgIpc) is 2.70. The van der Waals surface area contributed by atoms with Crippen molar-refractivity contribution in [1.82, 2.24) is 15.6 Å². The van der Waals surface area contributed by atoms with Gasteiger partial charge in [0.2, 0.25) is 0 Å². The Morgan fingerprint density at radius 3 is 2.68 bits per heavy atom. The summed E-state index contributed by atoms with van der Waals surface area (Å²) in [6.45, 7) is 6.61. The van der Waals surface area contributed by atoms with E-state index in [0.717, 1.165) is 49.4 Å². The van der Waals surface area contributed by atoms with Crippen LogP contribution in [0.3, 0.4) is 0 Å². The molecular weight excluding hydrogens is 360 g/mol. The predicted octanol–water partition coefficient (Wildman–Crippen LogP) is 3.39. The Labute approximate surface area is 164 Å². The van der Waals surface area contributed by atoms with Gasteiger partial charge in [-0.15, -0.1) is 0 Å². The zero-order valence-corrected chi connectivity index (χ0v) is 16.4. The van der Waals surface area contributed by atoms with Gasteiger partial charge in [0, 0.05) is 37.4 Å². The molecule has 0 spiro atoms. The summed E-state index contributed by atoms with van der Waals surface area (Å²) in [6.07, 6.45) is 3.80. The molecule has 0 aliphatic carbocycles. The Balaban J connectivity index is 1.57. The molecule has 5 nitrogen and oxygen atoms in total. The van der Waals surface area contributed by atoms with Gasteiger partial charge in [0.15, 0.2) is 5.96 Å². The van der Waals surface area contributed by atoms with Gasteiger partial charge in [-0.3, -0.25) is 0 Å². The number of pyridine rings is 1. The van der Waals surface area contributed by atoms with Crippen molar-refractivity contribution in [2.24, 2.45) is 4.99 Å². The van der Waals surface area contributed by atoms with Crippen LogP contribution in [0.25, 0.3) is 0 Å². The van der Waals surface area contributed by atoms with Gasteiger partial charge in [-0.1, -0.05) is 6.07 Å². The number of halogens is 2. The lowest BCUT2D eigenvalue weighted by atomic mass is 10.1. The molecule has 1 aliphatic rings. The number of rotatable bonds is 5. The van der Waals surface area contributed by atoms with E-state index >= 15 is 0 Å². The lowest BCUT2D eigenvalue weighted by Crippen LogP contribution is -2.48. The molecule has 1 aromatic carbocycles. The third-order valence-electron chi connectivity index (χ3n) is 4.82. The molecule has 1 aromatic heterocycles. The first-order valence-corrected chi connectivity index (χ1v) is 9.71. The maximum Gasteiger partial charge on any atom is 0.191 e. The normalized spacial score (nSPS) is 15.6. The number of aryl methyl sites for hydroxylation is 1. The molecule has 0 atom stereocenters. The molecule has 0 unspecified atom stereocenters. The van der Waals surface area contributed by atoms with E-state index in [1.54, 1.807) is 0 Å². The highest BCUT2D eigenvalue weighted by atomic mass is 19.1. The third kappa shape index (κ3) is 5.41. The molecule has 0 saturated carbocycles. The van der Waals surface area contributed by atoms with Crippen molar-refractivity contribution in [2.75, 3.05) is 24.5 Å². The summed E-state index contributed by atoms with van der Waals surface area (Å²) in [4.78, 5) is 11.2. The molecule has 1 aliphatic heterocycles. The van der Waals surface area contributed by atoms with Crippen molar-refractivity contribution in [3.05, 3.63) is 59.3 Å². The second kappa shape index (κ2) is 9.48. The molecule has 2 N–H and O–H groups in total. The molecule has 7 heteroatoms. The number of nitrogens with zero attached hydrogens (tertiary/aromatic N) is 3. The summed E-state index contributed by atoms with van der Waals surface area (Å²) in [6, 6.07) is 7.85. The summed E-state index contributed by atoms with van der Waals surface area (Å²) in [7, 11) is 0. The van der Waals surface area contributed by atoms with Crippen molar-refractivity contribution in [3.8, 4) is 0 Å². The second-order valence-corrected chi connectivity index (χ2v) is 7.03. The maximum atomic E-state index is 13.8. The van der Waals surface area contributed by atoms with Crippen LogP contribution in [0.2, 0.25) is 0 Å². The Hall–Kier alpha value is -2.70. The summed E-state index contributed by atoms with van der Waals surface area (Å²) >= 11 is 0. The smallest absolute Gasteiger partial charge is 0.191 e. The van der Waals surface area contributed by atoms with E-state index in [9.17, 15) is 8.78 Å². The van der Waals surface area contributed by atoms with Gasteiger partial charge >= 0.3 is 0 Å². The van der Waals surface area contributed by atoms with Crippen LogP contribution in [0.15, 0.2) is 41.5 Å². The fraction of sp³-hybridized carbons (Fsp3) is 0.429. The second-order valence-electron chi connectivity index (χ2n) is 7.03. The number of benzene rings is 1. The van der Waals surface area contributed by atoms with Crippen LogP contribution < -0.4 is 15.5 Å². The zero-order valence-electron chi connectivity index (χ0n) is 16.4. The molecule has 0 radical (unpaired) electrons. The van der Waals surface area contributed by atoms with E-state index in [1.807, 2.05) is 20.0 Å². The number of guanidine groups is 1. The van der Waals surface area contributed by atoms with Crippen molar-refractivity contribution in [1.29, 1.82) is 0 Å². The van der Waals surface area contributed by atoms with Gasteiger partial charge in [-0.05, 0) is 56.5 Å². The number of piperidine rings is 1. The van der Waals surface area contributed by atoms with Crippen LogP contribution >= 0.6 is 0 Å². The van der Waals surface area contributed by atoms with Crippen molar-refractivity contribution in [2.45, 2.75) is 39.3 Å². The molecule has 150 valence electrons. The molecule has 28 heavy (non-hydrogen) atoms. The highest BCUT2D eigenvalue weighted by Gasteiger charge is 2.21. The fourth-order valence-corrected chi connectivity index (χ4v) is 3.24. The van der Waals surface area contributed by atoms with E-state index in [1.165, 1.54) is 6.07 Å². The highest BCUT2D eigenvalue weighted by molar-refractivity contribution is 5.80. The van der Waals surface area contributed by atoms with E-state index in [2.05, 4.69) is 37.6 Å². The molecule has 2 aromatic rings. The number of anilines is 1. The van der Waals surface area contributed by atoms with Crippen molar-refractivity contribution >= 4 is 11.8 Å². The Kier molecular flexibility index (Phi) is 6.79. The number of aromatic nitrogens is 1. The topological polar surface area (TPSA) is 52.6 Å². The van der Waals surface area contributed by atoms with E-state index in [0.29, 0.717) is 12.5 Å². The summed E-state index contributed by atoms with van der Waals surface area (Å²) in [5, 5.41) is 6.60. The quantitative estimate of drug-likeness (QED) is 0.610. The lowest BCUT2D eigenvalue weighted by molar-refractivity contribution is 0.459. The number of nitrogens with one attached hydrogen (secondary N) is 2. The standard InChI is InChI=1S/C21H27F2N5/c1-3-24-21(26-14-16-12-17(22)5-6-19(16)23)27-18-8-10-28(11-9-18)20-7-4-15(2)13-25-20/h4-7,12-13,18H,3,8-11,14H2,1-2H3,(H2,24,26,27). The molecule has 1 saturated heterocycles. The maximum absolute atomic E-state index is 13.8. The summed E-state index contributed by atoms with van der Waals surface area (Å²) < 4.78 is 27.1. The molecule has 0 amide bonds. The fourth-order valence-electron chi connectivity index (χ4n) is 3.24. The first-order valence-electron chi connectivity index (χ1n) is 9.71. The molecule has 1 fully saturated rings. The van der Waals surface area contributed by atoms with Gasteiger partial charge in [0.25, 0.3) is 0 Å². The van der Waals surface area contributed by atoms with Gasteiger partial charge in [-0.2, -0.15) is 0 Å². The summed E-state index contributed by atoms with van der Waals surface area (Å²) in [5.74, 6) is 0.728. The third-order valence-corrected chi connectivity index (χ3v) is 4.82. The number of aliphatic imine (C=N–C) groups is 1. The van der Waals surface area contributed by atoms with Gasteiger partial charge in [-0.25, -0.2) is 18.8 Å². The van der Waals surface area contributed by atoms with Crippen LogP contribution in [0.4, 0.5) is 14.6 Å². The molecule has 2 heterocycles. The van der Waals surface area contributed by atoms with Crippen molar-refractivity contribution in [3.63, 3.8) is 0 Å². The SMILES string of the molecule is CCNC(=NCc1cc(F)ccc1F)NC1CCN(c2ccc(C)cn2)CC1. The number of hydrogen-bond donors (Lipinski definition) is 2. The van der Waals surface area contributed by atoms with Gasteiger partial charge in [0.1, 0.15) is 17.5 Å². The molecule has 0 bridgehead atoms. The van der Waals surface area contributed by atoms with Crippen LogP contribution in [0.5, 0.6) is 0 Å². The van der Waals surface area contributed by atoms with Crippen LogP contribution in [0, 0.1) is 18.6 Å².